The van der Waals surface area contributed by atoms with Gasteiger partial charge in [-0.2, -0.15) is 18.4 Å². The number of rotatable bonds is 3. The number of anilines is 1. The van der Waals surface area contributed by atoms with Crippen molar-refractivity contribution in [3.05, 3.63) is 29.3 Å². The fraction of sp³-hybridized carbons (Fsp3) is 0.462. The molecule has 1 fully saturated rings. The van der Waals surface area contributed by atoms with E-state index in [0.717, 1.165) is 25.0 Å². The molecule has 1 N–H and O–H groups in total. The van der Waals surface area contributed by atoms with Crippen molar-refractivity contribution in [3.8, 4) is 6.07 Å². The van der Waals surface area contributed by atoms with Crippen LogP contribution in [-0.2, 0) is 10.9 Å². The molecule has 0 bridgehead atoms. The standard InChI is InChI=1S/C13H13F3N2O/c1-19-11-5-10(6-11)18-12-3-2-9(13(14,15)16)4-8(12)7-17/h2-4,10-11,18H,5-6H2,1H3. The highest BCUT2D eigenvalue weighted by Crippen LogP contribution is 2.33. The van der Waals surface area contributed by atoms with Crippen LogP contribution in [-0.4, -0.2) is 19.3 Å². The van der Waals surface area contributed by atoms with Crippen molar-refractivity contribution < 1.29 is 17.9 Å². The van der Waals surface area contributed by atoms with E-state index in [4.69, 9.17) is 10.00 Å². The number of ether oxygens (including phenoxy) is 1. The Kier molecular flexibility index (Phi) is 3.67. The number of nitriles is 1. The second-order valence-corrected chi connectivity index (χ2v) is 4.54. The molecule has 0 radical (unpaired) electrons. The summed E-state index contributed by atoms with van der Waals surface area (Å²) in [4.78, 5) is 0. The van der Waals surface area contributed by atoms with Crippen LogP contribution >= 0.6 is 0 Å². The molecule has 0 aliphatic heterocycles. The number of hydrogen-bond donors (Lipinski definition) is 1. The Morgan fingerprint density at radius 3 is 2.58 bits per heavy atom. The third-order valence-electron chi connectivity index (χ3n) is 3.26. The van der Waals surface area contributed by atoms with Gasteiger partial charge in [0, 0.05) is 13.2 Å². The SMILES string of the molecule is COC1CC(Nc2ccc(C(F)(F)F)cc2C#N)C1. The molecule has 1 aliphatic carbocycles. The monoisotopic (exact) mass is 270 g/mol. The lowest BCUT2D eigenvalue weighted by Crippen LogP contribution is -2.40. The summed E-state index contributed by atoms with van der Waals surface area (Å²) in [6, 6.07) is 5.10. The summed E-state index contributed by atoms with van der Waals surface area (Å²) in [6.45, 7) is 0. The average molecular weight is 270 g/mol. The van der Waals surface area contributed by atoms with Crippen molar-refractivity contribution in [2.24, 2.45) is 0 Å². The van der Waals surface area contributed by atoms with Crippen molar-refractivity contribution in [3.63, 3.8) is 0 Å². The highest BCUT2D eigenvalue weighted by Gasteiger charge is 2.32. The van der Waals surface area contributed by atoms with Gasteiger partial charge in [-0.05, 0) is 31.0 Å². The van der Waals surface area contributed by atoms with Crippen molar-refractivity contribution in [1.29, 1.82) is 5.26 Å². The summed E-state index contributed by atoms with van der Waals surface area (Å²) in [6.07, 6.45) is -2.65. The minimum absolute atomic E-state index is 0.00990. The zero-order valence-corrected chi connectivity index (χ0v) is 10.3. The number of hydrogen-bond acceptors (Lipinski definition) is 3. The molecular formula is C13H13F3N2O. The molecule has 1 aromatic carbocycles. The average Bonchev–Trinajstić information content (AvgIpc) is 2.31. The maximum atomic E-state index is 12.5. The van der Waals surface area contributed by atoms with Crippen LogP contribution in [0.3, 0.4) is 0 Å². The normalized spacial score (nSPS) is 22.5. The first kappa shape index (κ1) is 13.7. The number of benzene rings is 1. The van der Waals surface area contributed by atoms with Gasteiger partial charge in [0.2, 0.25) is 0 Å². The molecule has 1 aromatic rings. The van der Waals surface area contributed by atoms with Crippen LogP contribution in [0.25, 0.3) is 0 Å². The third kappa shape index (κ3) is 2.99. The van der Waals surface area contributed by atoms with E-state index in [0.29, 0.717) is 5.69 Å². The quantitative estimate of drug-likeness (QED) is 0.917. The molecule has 0 spiro atoms. The molecule has 2 rings (SSSR count). The molecule has 0 unspecified atom stereocenters. The number of halogens is 3. The van der Waals surface area contributed by atoms with Crippen molar-refractivity contribution in [2.45, 2.75) is 31.2 Å². The predicted octanol–water partition coefficient (Wildman–Crippen LogP) is 3.17. The third-order valence-corrected chi connectivity index (χ3v) is 3.26. The van der Waals surface area contributed by atoms with Crippen LogP contribution in [0.15, 0.2) is 18.2 Å². The molecule has 3 nitrogen and oxygen atoms in total. The van der Waals surface area contributed by atoms with E-state index >= 15 is 0 Å². The summed E-state index contributed by atoms with van der Waals surface area (Å²) in [5, 5.41) is 12.0. The van der Waals surface area contributed by atoms with Gasteiger partial charge in [-0.1, -0.05) is 0 Å². The molecule has 102 valence electrons. The lowest BCUT2D eigenvalue weighted by atomic mass is 9.89. The van der Waals surface area contributed by atoms with Gasteiger partial charge in [0.05, 0.1) is 22.9 Å². The summed E-state index contributed by atoms with van der Waals surface area (Å²) >= 11 is 0. The van der Waals surface area contributed by atoms with Crippen LogP contribution in [0.2, 0.25) is 0 Å². The number of nitrogens with one attached hydrogen (secondary N) is 1. The molecule has 0 heterocycles. The van der Waals surface area contributed by atoms with Crippen LogP contribution in [0.5, 0.6) is 0 Å². The molecule has 1 saturated carbocycles. The van der Waals surface area contributed by atoms with E-state index in [9.17, 15) is 13.2 Å². The molecule has 0 saturated heterocycles. The second kappa shape index (κ2) is 5.10. The second-order valence-electron chi connectivity index (χ2n) is 4.54. The number of methoxy groups -OCH3 is 1. The minimum Gasteiger partial charge on any atom is -0.381 e. The Balaban J connectivity index is 2.12. The van der Waals surface area contributed by atoms with Crippen LogP contribution in [0.1, 0.15) is 24.0 Å². The van der Waals surface area contributed by atoms with Crippen molar-refractivity contribution >= 4 is 5.69 Å². The number of nitrogens with zero attached hydrogens (tertiary/aromatic N) is 1. The van der Waals surface area contributed by atoms with Gasteiger partial charge in [-0.15, -0.1) is 0 Å². The summed E-state index contributed by atoms with van der Waals surface area (Å²) in [7, 11) is 1.62. The summed E-state index contributed by atoms with van der Waals surface area (Å²) < 4.78 is 42.7. The first-order valence-corrected chi connectivity index (χ1v) is 5.84. The molecule has 6 heteroatoms. The first-order valence-electron chi connectivity index (χ1n) is 5.84. The molecule has 0 aromatic heterocycles. The van der Waals surface area contributed by atoms with Gasteiger partial charge in [-0.3, -0.25) is 0 Å². The van der Waals surface area contributed by atoms with Crippen LogP contribution in [0, 0.1) is 11.3 Å². The van der Waals surface area contributed by atoms with Crippen LogP contribution < -0.4 is 5.32 Å². The first-order chi connectivity index (χ1) is 8.94. The highest BCUT2D eigenvalue weighted by molar-refractivity contribution is 5.59. The van der Waals surface area contributed by atoms with Gasteiger partial charge in [0.1, 0.15) is 6.07 Å². The molecule has 0 atom stereocenters. The Labute approximate surface area is 109 Å². The molecule has 19 heavy (non-hydrogen) atoms. The van der Waals surface area contributed by atoms with Crippen molar-refractivity contribution in [1.82, 2.24) is 0 Å². The van der Waals surface area contributed by atoms with Gasteiger partial charge in [-0.25, -0.2) is 0 Å². The molecule has 1 aliphatic rings. The summed E-state index contributed by atoms with van der Waals surface area (Å²) in [5.74, 6) is 0. The Morgan fingerprint density at radius 2 is 2.05 bits per heavy atom. The van der Waals surface area contributed by atoms with E-state index in [2.05, 4.69) is 5.32 Å². The smallest absolute Gasteiger partial charge is 0.381 e. The number of alkyl halides is 3. The maximum Gasteiger partial charge on any atom is 0.416 e. The fourth-order valence-corrected chi connectivity index (χ4v) is 2.03. The Morgan fingerprint density at radius 1 is 1.37 bits per heavy atom. The lowest BCUT2D eigenvalue weighted by molar-refractivity contribution is -0.137. The zero-order chi connectivity index (χ0) is 14.0. The van der Waals surface area contributed by atoms with Gasteiger partial charge >= 0.3 is 6.18 Å². The Hall–Kier alpha value is -1.74. The van der Waals surface area contributed by atoms with Crippen LogP contribution in [0.4, 0.5) is 18.9 Å². The molecule has 0 amide bonds. The van der Waals surface area contributed by atoms with E-state index in [1.54, 1.807) is 13.2 Å². The van der Waals surface area contributed by atoms with Gasteiger partial charge < -0.3 is 10.1 Å². The van der Waals surface area contributed by atoms with E-state index in [1.165, 1.54) is 6.07 Å². The van der Waals surface area contributed by atoms with E-state index < -0.39 is 11.7 Å². The summed E-state index contributed by atoms with van der Waals surface area (Å²) in [5.41, 5.74) is -0.358. The topological polar surface area (TPSA) is 45.0 Å². The Bertz CT molecular complexity index is 502. The van der Waals surface area contributed by atoms with E-state index in [1.807, 2.05) is 0 Å². The zero-order valence-electron chi connectivity index (χ0n) is 10.3. The minimum atomic E-state index is -4.43. The van der Waals surface area contributed by atoms with Gasteiger partial charge in [0.15, 0.2) is 0 Å². The largest absolute Gasteiger partial charge is 0.416 e. The fourth-order valence-electron chi connectivity index (χ4n) is 2.03. The predicted molar refractivity (Wildman–Crippen MR) is 63.6 cm³/mol. The highest BCUT2D eigenvalue weighted by atomic mass is 19.4. The maximum absolute atomic E-state index is 12.5. The van der Waals surface area contributed by atoms with E-state index in [-0.39, 0.29) is 17.7 Å². The van der Waals surface area contributed by atoms with Crippen molar-refractivity contribution in [2.75, 3.05) is 12.4 Å². The lowest BCUT2D eigenvalue weighted by Gasteiger charge is -2.35. The van der Waals surface area contributed by atoms with Gasteiger partial charge in [0.25, 0.3) is 0 Å². The molecular weight excluding hydrogens is 257 g/mol.